The number of alkyl halides is 3. The highest BCUT2D eigenvalue weighted by atomic mass is 32.2. The summed E-state index contributed by atoms with van der Waals surface area (Å²) in [5.41, 5.74) is 0.0339. The highest BCUT2D eigenvalue weighted by Gasteiger charge is 2.32. The van der Waals surface area contributed by atoms with Gasteiger partial charge in [-0.3, -0.25) is 4.79 Å². The van der Waals surface area contributed by atoms with Gasteiger partial charge in [0.05, 0.1) is 12.5 Å². The van der Waals surface area contributed by atoms with Crippen molar-refractivity contribution in [2.45, 2.75) is 17.8 Å². The Morgan fingerprint density at radius 3 is 2.64 bits per heavy atom. The van der Waals surface area contributed by atoms with E-state index < -0.39 is 28.0 Å². The molecule has 0 radical (unpaired) electrons. The molecule has 8 nitrogen and oxygen atoms in total. The Hall–Kier alpha value is -2.60. The van der Waals surface area contributed by atoms with E-state index in [0.717, 1.165) is 12.1 Å². The number of hydrogen-bond donors (Lipinski definition) is 1. The monoisotopic (exact) mass is 418 g/mol. The Labute approximate surface area is 159 Å². The van der Waals surface area contributed by atoms with E-state index in [2.05, 4.69) is 14.7 Å². The Morgan fingerprint density at radius 1 is 1.18 bits per heavy atom. The van der Waals surface area contributed by atoms with Crippen LogP contribution in [0.1, 0.15) is 16.8 Å². The van der Waals surface area contributed by atoms with Crippen LogP contribution in [0.3, 0.4) is 0 Å². The third-order valence-corrected chi connectivity index (χ3v) is 5.97. The lowest BCUT2D eigenvalue weighted by Gasteiger charge is -2.22. The highest BCUT2D eigenvalue weighted by molar-refractivity contribution is 7.89. The Bertz CT molecular complexity index is 932. The van der Waals surface area contributed by atoms with Gasteiger partial charge >= 0.3 is 6.36 Å². The molecule has 3 rings (SSSR count). The molecule has 1 N–H and O–H groups in total. The van der Waals surface area contributed by atoms with Crippen LogP contribution in [-0.4, -0.2) is 66.0 Å². The zero-order valence-electron chi connectivity index (χ0n) is 14.5. The summed E-state index contributed by atoms with van der Waals surface area (Å²) in [5, 5.41) is -0.0377. The number of benzene rings is 1. The van der Waals surface area contributed by atoms with Crippen LogP contribution in [0, 0.1) is 0 Å². The molecule has 1 saturated heterocycles. The van der Waals surface area contributed by atoms with Gasteiger partial charge in [0.1, 0.15) is 5.75 Å². The van der Waals surface area contributed by atoms with Crippen molar-refractivity contribution in [3.63, 3.8) is 0 Å². The van der Waals surface area contributed by atoms with E-state index in [1.807, 2.05) is 0 Å². The zero-order valence-corrected chi connectivity index (χ0v) is 15.3. The van der Waals surface area contributed by atoms with Crippen LogP contribution in [-0.2, 0) is 10.0 Å². The van der Waals surface area contributed by atoms with Crippen LogP contribution in [0.4, 0.5) is 13.2 Å². The second-order valence-electron chi connectivity index (χ2n) is 6.04. The van der Waals surface area contributed by atoms with Gasteiger partial charge in [0, 0.05) is 31.7 Å². The second kappa shape index (κ2) is 7.80. The summed E-state index contributed by atoms with van der Waals surface area (Å²) >= 11 is 0. The first kappa shape index (κ1) is 20.1. The van der Waals surface area contributed by atoms with Gasteiger partial charge in [-0.1, -0.05) is 6.07 Å². The molecule has 2 heterocycles. The second-order valence-corrected chi connectivity index (χ2v) is 7.95. The lowest BCUT2D eigenvalue weighted by Crippen LogP contribution is -2.37. The average Bonchev–Trinajstić information content (AvgIpc) is 3.05. The number of sulfonamides is 1. The number of amides is 1. The maximum atomic E-state index is 12.7. The van der Waals surface area contributed by atoms with E-state index in [1.165, 1.54) is 33.9 Å². The lowest BCUT2D eigenvalue weighted by atomic mass is 10.2. The van der Waals surface area contributed by atoms with E-state index in [0.29, 0.717) is 6.42 Å². The van der Waals surface area contributed by atoms with Gasteiger partial charge in [-0.2, -0.15) is 4.31 Å². The molecule has 0 spiro atoms. The molecule has 12 heteroatoms. The van der Waals surface area contributed by atoms with Crippen LogP contribution in [0.25, 0.3) is 0 Å². The summed E-state index contributed by atoms with van der Waals surface area (Å²) in [6, 6.07) is 4.79. The molecule has 0 atom stereocenters. The van der Waals surface area contributed by atoms with Crippen LogP contribution < -0.4 is 4.74 Å². The zero-order chi connectivity index (χ0) is 20.4. The van der Waals surface area contributed by atoms with Crippen molar-refractivity contribution in [3.05, 3.63) is 42.4 Å². The summed E-state index contributed by atoms with van der Waals surface area (Å²) < 4.78 is 67.3. The molecule has 1 aromatic carbocycles. The van der Waals surface area contributed by atoms with Gasteiger partial charge in [-0.15, -0.1) is 13.2 Å². The predicted molar refractivity (Wildman–Crippen MR) is 91.0 cm³/mol. The number of nitrogens with zero attached hydrogens (tertiary/aromatic N) is 3. The largest absolute Gasteiger partial charge is 0.573 e. The maximum Gasteiger partial charge on any atom is 0.573 e. The van der Waals surface area contributed by atoms with E-state index in [-0.39, 0.29) is 36.8 Å². The third kappa shape index (κ3) is 4.62. The number of hydrogen-bond acceptors (Lipinski definition) is 5. The fraction of sp³-hybridized carbons (Fsp3) is 0.375. The van der Waals surface area contributed by atoms with E-state index in [4.69, 9.17) is 0 Å². The van der Waals surface area contributed by atoms with Crippen molar-refractivity contribution in [1.29, 1.82) is 0 Å². The molecule has 0 saturated carbocycles. The van der Waals surface area contributed by atoms with Crippen molar-refractivity contribution in [3.8, 4) is 5.75 Å². The number of nitrogens with one attached hydrogen (secondary N) is 1. The van der Waals surface area contributed by atoms with Gasteiger partial charge in [-0.25, -0.2) is 13.4 Å². The number of aromatic amines is 1. The van der Waals surface area contributed by atoms with E-state index in [1.54, 1.807) is 0 Å². The molecule has 1 aromatic heterocycles. The Balaban J connectivity index is 1.70. The number of rotatable bonds is 4. The van der Waals surface area contributed by atoms with E-state index >= 15 is 0 Å². The van der Waals surface area contributed by atoms with Crippen LogP contribution in [0.15, 0.2) is 41.8 Å². The summed E-state index contributed by atoms with van der Waals surface area (Å²) in [6.07, 6.45) is -2.00. The number of H-pyrrole nitrogens is 1. The molecule has 0 bridgehead atoms. The number of carbonyl (C=O) groups excluding carboxylic acids is 1. The minimum Gasteiger partial charge on any atom is -0.406 e. The lowest BCUT2D eigenvalue weighted by molar-refractivity contribution is -0.274. The predicted octanol–water partition coefficient (Wildman–Crippen LogP) is 1.85. The quantitative estimate of drug-likeness (QED) is 0.818. The molecule has 1 aliphatic heterocycles. The van der Waals surface area contributed by atoms with Gasteiger partial charge in [0.15, 0.2) is 5.03 Å². The van der Waals surface area contributed by atoms with Gasteiger partial charge in [-0.05, 0) is 24.6 Å². The first-order chi connectivity index (χ1) is 13.2. The summed E-state index contributed by atoms with van der Waals surface area (Å²) in [4.78, 5) is 20.3. The number of carbonyl (C=O) groups is 1. The molecular weight excluding hydrogens is 401 g/mol. The van der Waals surface area contributed by atoms with E-state index in [9.17, 15) is 26.4 Å². The third-order valence-electron chi connectivity index (χ3n) is 4.15. The van der Waals surface area contributed by atoms with Crippen LogP contribution in [0.5, 0.6) is 5.75 Å². The summed E-state index contributed by atoms with van der Waals surface area (Å²) in [7, 11) is -3.75. The minimum atomic E-state index is -4.86. The molecule has 0 unspecified atom stereocenters. The summed E-state index contributed by atoms with van der Waals surface area (Å²) in [5.74, 6) is -0.981. The van der Waals surface area contributed by atoms with Gasteiger partial charge in [0.25, 0.3) is 15.9 Å². The number of aromatic nitrogens is 2. The molecule has 1 fully saturated rings. The molecule has 2 aromatic rings. The van der Waals surface area contributed by atoms with Crippen molar-refractivity contribution >= 4 is 15.9 Å². The maximum absolute atomic E-state index is 12.7. The molecular formula is C16H17F3N4O4S. The first-order valence-electron chi connectivity index (χ1n) is 8.30. The van der Waals surface area contributed by atoms with Crippen molar-refractivity contribution in [2.75, 3.05) is 26.2 Å². The van der Waals surface area contributed by atoms with Crippen molar-refractivity contribution in [1.82, 2.24) is 19.2 Å². The smallest absolute Gasteiger partial charge is 0.406 e. The van der Waals surface area contributed by atoms with Crippen molar-refractivity contribution in [2.24, 2.45) is 0 Å². The molecule has 28 heavy (non-hydrogen) atoms. The van der Waals surface area contributed by atoms with Gasteiger partial charge in [0.2, 0.25) is 0 Å². The first-order valence-corrected chi connectivity index (χ1v) is 9.74. The molecule has 1 aliphatic rings. The molecule has 0 aliphatic carbocycles. The van der Waals surface area contributed by atoms with Crippen LogP contribution in [0.2, 0.25) is 0 Å². The molecule has 1 amide bonds. The van der Waals surface area contributed by atoms with Crippen molar-refractivity contribution < 1.29 is 31.1 Å². The fourth-order valence-electron chi connectivity index (χ4n) is 2.87. The summed E-state index contributed by atoms with van der Waals surface area (Å²) in [6.45, 7) is 0.656. The number of imidazole rings is 1. The standard InChI is InChI=1S/C16H17F3N4O4S/c17-16(18,19)27-13-4-1-3-12(9-13)15(24)22-5-2-6-23(8-7-22)28(25,26)14-10-20-11-21-14/h1,3-4,9-11H,2,5-8H2,(H,20,21). The topological polar surface area (TPSA) is 95.6 Å². The van der Waals surface area contributed by atoms with Gasteiger partial charge < -0.3 is 14.6 Å². The average molecular weight is 418 g/mol. The Kier molecular flexibility index (Phi) is 5.61. The SMILES string of the molecule is O=C(c1cccc(OC(F)(F)F)c1)N1CCCN(S(=O)(=O)c2cnc[nH]2)CC1. The normalized spacial score (nSPS) is 16.6. The number of halogens is 3. The minimum absolute atomic E-state index is 0.0339. The number of ether oxygens (including phenoxy) is 1. The van der Waals surface area contributed by atoms with Crippen LogP contribution >= 0.6 is 0 Å². The molecule has 152 valence electrons. The highest BCUT2D eigenvalue weighted by Crippen LogP contribution is 2.24. The fourth-order valence-corrected chi connectivity index (χ4v) is 4.23. The Morgan fingerprint density at radius 2 is 1.96 bits per heavy atom.